The number of nitrogens with zero attached hydrogens (tertiary/aromatic N) is 2. The van der Waals surface area contributed by atoms with Gasteiger partial charge in [0.2, 0.25) is 0 Å². The molecule has 2 nitrogen and oxygen atoms in total. The lowest BCUT2D eigenvalue weighted by Crippen LogP contribution is -2.51. The van der Waals surface area contributed by atoms with Gasteiger partial charge in [0.15, 0.2) is 0 Å². The second-order valence-corrected chi connectivity index (χ2v) is 6.13. The topological polar surface area (TPSA) is 6.48 Å². The monoisotopic (exact) mass is 212 g/mol. The molecule has 0 aliphatic carbocycles. The summed E-state index contributed by atoms with van der Waals surface area (Å²) < 4.78 is 0. The second kappa shape index (κ2) is 5.31. The molecule has 0 saturated carbocycles. The van der Waals surface area contributed by atoms with Crippen molar-refractivity contribution in [3.05, 3.63) is 0 Å². The van der Waals surface area contributed by atoms with Crippen LogP contribution in [0.3, 0.4) is 0 Å². The van der Waals surface area contributed by atoms with E-state index in [4.69, 9.17) is 0 Å². The van der Waals surface area contributed by atoms with Crippen LogP contribution in [0.25, 0.3) is 0 Å². The average Bonchev–Trinajstić information content (AvgIpc) is 2.15. The SMILES string of the molecule is CCC(C)N1CCN(CC(C)(C)C)CC1. The first-order chi connectivity index (χ1) is 6.92. The minimum absolute atomic E-state index is 0.443. The zero-order valence-corrected chi connectivity index (χ0v) is 11.2. The number of rotatable bonds is 3. The van der Waals surface area contributed by atoms with E-state index in [1.165, 1.54) is 39.1 Å². The van der Waals surface area contributed by atoms with Crippen molar-refractivity contribution >= 4 is 0 Å². The van der Waals surface area contributed by atoms with Crippen LogP contribution in [-0.2, 0) is 0 Å². The molecule has 0 spiro atoms. The Bertz CT molecular complexity index is 175. The van der Waals surface area contributed by atoms with Gasteiger partial charge >= 0.3 is 0 Å². The maximum absolute atomic E-state index is 2.62. The van der Waals surface area contributed by atoms with E-state index in [9.17, 15) is 0 Å². The lowest BCUT2D eigenvalue weighted by Gasteiger charge is -2.40. The summed E-state index contributed by atoms with van der Waals surface area (Å²) in [6.45, 7) is 17.9. The normalized spacial score (nSPS) is 23.0. The highest BCUT2D eigenvalue weighted by atomic mass is 15.3. The Labute approximate surface area is 95.6 Å². The Morgan fingerprint density at radius 1 is 1.07 bits per heavy atom. The quantitative estimate of drug-likeness (QED) is 0.709. The molecule has 1 fully saturated rings. The van der Waals surface area contributed by atoms with Crippen LogP contribution in [0.1, 0.15) is 41.0 Å². The smallest absolute Gasteiger partial charge is 0.0113 e. The third-order valence-corrected chi connectivity index (χ3v) is 3.32. The third-order valence-electron chi connectivity index (χ3n) is 3.32. The standard InChI is InChI=1S/C13H28N2/c1-6-12(2)15-9-7-14(8-10-15)11-13(3,4)5/h12H,6-11H2,1-5H3. The Balaban J connectivity index is 2.30. The van der Waals surface area contributed by atoms with Crippen molar-refractivity contribution < 1.29 is 0 Å². The first-order valence-corrected chi connectivity index (χ1v) is 6.39. The highest BCUT2D eigenvalue weighted by Gasteiger charge is 2.23. The zero-order chi connectivity index (χ0) is 11.5. The number of hydrogen-bond acceptors (Lipinski definition) is 2. The molecule has 1 rings (SSSR count). The summed E-state index contributed by atoms with van der Waals surface area (Å²) in [7, 11) is 0. The molecular weight excluding hydrogens is 184 g/mol. The fourth-order valence-corrected chi connectivity index (χ4v) is 2.29. The van der Waals surface area contributed by atoms with Crippen molar-refractivity contribution in [1.29, 1.82) is 0 Å². The highest BCUT2D eigenvalue weighted by Crippen LogP contribution is 2.17. The van der Waals surface area contributed by atoms with E-state index in [0.29, 0.717) is 5.41 Å². The van der Waals surface area contributed by atoms with E-state index in [2.05, 4.69) is 44.4 Å². The molecule has 15 heavy (non-hydrogen) atoms. The molecule has 1 aliphatic heterocycles. The van der Waals surface area contributed by atoms with E-state index < -0.39 is 0 Å². The molecule has 1 saturated heterocycles. The van der Waals surface area contributed by atoms with Crippen molar-refractivity contribution in [3.63, 3.8) is 0 Å². The van der Waals surface area contributed by atoms with E-state index >= 15 is 0 Å². The largest absolute Gasteiger partial charge is 0.300 e. The van der Waals surface area contributed by atoms with Crippen molar-refractivity contribution in [2.45, 2.75) is 47.1 Å². The Morgan fingerprint density at radius 3 is 2.00 bits per heavy atom. The van der Waals surface area contributed by atoms with E-state index in [1.807, 2.05) is 0 Å². The van der Waals surface area contributed by atoms with Crippen LogP contribution >= 0.6 is 0 Å². The maximum atomic E-state index is 2.62. The molecule has 0 radical (unpaired) electrons. The highest BCUT2D eigenvalue weighted by molar-refractivity contribution is 4.78. The molecule has 0 N–H and O–H groups in total. The van der Waals surface area contributed by atoms with Crippen LogP contribution < -0.4 is 0 Å². The third kappa shape index (κ3) is 4.52. The predicted molar refractivity (Wildman–Crippen MR) is 67.2 cm³/mol. The molecule has 2 heteroatoms. The van der Waals surface area contributed by atoms with Gasteiger partial charge < -0.3 is 4.90 Å². The first-order valence-electron chi connectivity index (χ1n) is 6.39. The van der Waals surface area contributed by atoms with Gasteiger partial charge in [-0.25, -0.2) is 0 Å². The van der Waals surface area contributed by atoms with Gasteiger partial charge in [-0.05, 0) is 18.8 Å². The van der Waals surface area contributed by atoms with E-state index in [0.717, 1.165) is 6.04 Å². The van der Waals surface area contributed by atoms with E-state index in [1.54, 1.807) is 0 Å². The van der Waals surface area contributed by atoms with Crippen LogP contribution in [0.5, 0.6) is 0 Å². The van der Waals surface area contributed by atoms with Crippen LogP contribution in [0.4, 0.5) is 0 Å². The van der Waals surface area contributed by atoms with Gasteiger partial charge in [-0.3, -0.25) is 4.90 Å². The Morgan fingerprint density at radius 2 is 1.60 bits per heavy atom. The summed E-state index contributed by atoms with van der Waals surface area (Å²) in [5.74, 6) is 0. The van der Waals surface area contributed by atoms with Gasteiger partial charge in [-0.15, -0.1) is 0 Å². The Hall–Kier alpha value is -0.0800. The molecule has 0 aromatic rings. The predicted octanol–water partition coefficient (Wildman–Crippen LogP) is 2.45. The minimum Gasteiger partial charge on any atom is -0.300 e. The molecule has 1 unspecified atom stereocenters. The van der Waals surface area contributed by atoms with Crippen molar-refractivity contribution in [3.8, 4) is 0 Å². The number of piperazine rings is 1. The summed E-state index contributed by atoms with van der Waals surface area (Å²) in [5, 5.41) is 0. The molecule has 0 bridgehead atoms. The van der Waals surface area contributed by atoms with Crippen LogP contribution in [0.15, 0.2) is 0 Å². The lowest BCUT2D eigenvalue weighted by atomic mass is 9.95. The number of hydrogen-bond donors (Lipinski definition) is 0. The summed E-state index contributed by atoms with van der Waals surface area (Å²) in [6.07, 6.45) is 1.28. The van der Waals surface area contributed by atoms with Gasteiger partial charge in [-0.2, -0.15) is 0 Å². The van der Waals surface area contributed by atoms with Crippen molar-refractivity contribution in [1.82, 2.24) is 9.80 Å². The summed E-state index contributed by atoms with van der Waals surface area (Å²) in [6, 6.07) is 0.766. The summed E-state index contributed by atoms with van der Waals surface area (Å²) >= 11 is 0. The first kappa shape index (κ1) is 13.0. The molecule has 0 aromatic carbocycles. The zero-order valence-electron chi connectivity index (χ0n) is 11.2. The fourth-order valence-electron chi connectivity index (χ4n) is 2.29. The van der Waals surface area contributed by atoms with Crippen molar-refractivity contribution in [2.24, 2.45) is 5.41 Å². The summed E-state index contributed by atoms with van der Waals surface area (Å²) in [4.78, 5) is 5.23. The molecular formula is C13H28N2. The summed E-state index contributed by atoms with van der Waals surface area (Å²) in [5.41, 5.74) is 0.443. The molecule has 1 atom stereocenters. The van der Waals surface area contributed by atoms with E-state index in [-0.39, 0.29) is 0 Å². The molecule has 0 aromatic heterocycles. The second-order valence-electron chi connectivity index (χ2n) is 6.13. The van der Waals surface area contributed by atoms with Crippen LogP contribution in [0, 0.1) is 5.41 Å². The van der Waals surface area contributed by atoms with Gasteiger partial charge in [-0.1, -0.05) is 27.7 Å². The van der Waals surface area contributed by atoms with Gasteiger partial charge in [0.05, 0.1) is 0 Å². The van der Waals surface area contributed by atoms with Gasteiger partial charge in [0.1, 0.15) is 0 Å². The molecule has 0 amide bonds. The molecule has 1 heterocycles. The molecule has 90 valence electrons. The van der Waals surface area contributed by atoms with Crippen molar-refractivity contribution in [2.75, 3.05) is 32.7 Å². The Kier molecular flexibility index (Phi) is 4.60. The minimum atomic E-state index is 0.443. The average molecular weight is 212 g/mol. The maximum Gasteiger partial charge on any atom is 0.0113 e. The van der Waals surface area contributed by atoms with Crippen LogP contribution in [-0.4, -0.2) is 48.6 Å². The fraction of sp³-hybridized carbons (Fsp3) is 1.00. The lowest BCUT2D eigenvalue weighted by molar-refractivity contribution is 0.0790. The van der Waals surface area contributed by atoms with Gasteiger partial charge in [0.25, 0.3) is 0 Å². The van der Waals surface area contributed by atoms with Crippen LogP contribution in [0.2, 0.25) is 0 Å². The van der Waals surface area contributed by atoms with Gasteiger partial charge in [0, 0.05) is 38.8 Å². The molecule has 1 aliphatic rings.